The molecule has 0 aliphatic rings. The van der Waals surface area contributed by atoms with E-state index >= 15 is 0 Å². The summed E-state index contributed by atoms with van der Waals surface area (Å²) in [6.45, 7) is 6.84. The fraction of sp³-hybridized carbons (Fsp3) is 0.769. The van der Waals surface area contributed by atoms with Crippen LogP contribution in [0.4, 0.5) is 4.79 Å². The summed E-state index contributed by atoms with van der Waals surface area (Å²) >= 11 is 5.03. The minimum Gasteiger partial charge on any atom is -0.444 e. The quantitative estimate of drug-likeness (QED) is 0.339. The molecule has 0 spiro atoms. The van der Waals surface area contributed by atoms with Crippen molar-refractivity contribution in [3.8, 4) is 0 Å². The molecule has 0 bridgehead atoms. The molecule has 0 aromatic rings. The number of rotatable bonds is 6. The molecule has 0 heterocycles. The van der Waals surface area contributed by atoms with E-state index in [-0.39, 0.29) is 6.09 Å². The van der Waals surface area contributed by atoms with Crippen molar-refractivity contribution in [2.24, 2.45) is 4.99 Å². The molecule has 0 radical (unpaired) electrons. The smallest absolute Gasteiger partial charge is 0.407 e. The van der Waals surface area contributed by atoms with Gasteiger partial charge in [-0.1, -0.05) is 0 Å². The van der Waals surface area contributed by atoms with E-state index in [9.17, 15) is 4.79 Å². The first kappa shape index (κ1) is 18.6. The molecule has 0 atom stereocenters. The van der Waals surface area contributed by atoms with E-state index in [2.05, 4.69) is 15.6 Å². The maximum atomic E-state index is 11.4. The van der Waals surface area contributed by atoms with E-state index in [1.54, 1.807) is 6.34 Å². The molecular formula is C13H26N4O2S. The molecule has 2 N–H and O–H groups in total. The number of nitrogens with one attached hydrogen (secondary N) is 2. The fourth-order valence-electron chi connectivity index (χ4n) is 1.16. The number of carbonyl (C=O) groups excluding carboxylic acids is 1. The van der Waals surface area contributed by atoms with Gasteiger partial charge in [0.2, 0.25) is 0 Å². The van der Waals surface area contributed by atoms with Crippen molar-refractivity contribution < 1.29 is 9.53 Å². The van der Waals surface area contributed by atoms with Gasteiger partial charge in [0.15, 0.2) is 5.11 Å². The predicted octanol–water partition coefficient (Wildman–Crippen LogP) is 1.76. The van der Waals surface area contributed by atoms with E-state index in [4.69, 9.17) is 17.0 Å². The molecule has 0 fully saturated rings. The zero-order valence-corrected chi connectivity index (χ0v) is 13.8. The van der Waals surface area contributed by atoms with Gasteiger partial charge in [-0.25, -0.2) is 9.79 Å². The van der Waals surface area contributed by atoms with Crippen molar-refractivity contribution in [3.05, 3.63) is 0 Å². The lowest BCUT2D eigenvalue weighted by Crippen LogP contribution is -2.33. The summed E-state index contributed by atoms with van der Waals surface area (Å²) in [6.07, 6.45) is 3.02. The third-order valence-electron chi connectivity index (χ3n) is 1.95. The highest BCUT2D eigenvalue weighted by Crippen LogP contribution is 2.06. The first-order valence-electron chi connectivity index (χ1n) is 6.66. The Bertz CT molecular complexity index is 338. The van der Waals surface area contributed by atoms with E-state index in [0.717, 1.165) is 19.4 Å². The topological polar surface area (TPSA) is 66.0 Å². The lowest BCUT2D eigenvalue weighted by Gasteiger charge is -2.19. The lowest BCUT2D eigenvalue weighted by molar-refractivity contribution is 0.0527. The van der Waals surface area contributed by atoms with Gasteiger partial charge in [0.05, 0.1) is 6.34 Å². The van der Waals surface area contributed by atoms with E-state index in [0.29, 0.717) is 11.7 Å². The number of nitrogens with zero attached hydrogens (tertiary/aromatic N) is 2. The molecule has 0 saturated heterocycles. The Balaban J connectivity index is 3.54. The van der Waals surface area contributed by atoms with Crippen LogP contribution in [0, 0.1) is 0 Å². The second kappa shape index (κ2) is 9.52. The van der Waals surface area contributed by atoms with Crippen LogP contribution in [0.1, 0.15) is 33.6 Å². The summed E-state index contributed by atoms with van der Waals surface area (Å²) in [7, 11) is 3.77. The second-order valence-electron chi connectivity index (χ2n) is 5.58. The van der Waals surface area contributed by atoms with E-state index in [1.807, 2.05) is 39.8 Å². The van der Waals surface area contributed by atoms with Crippen LogP contribution in [-0.2, 0) is 4.74 Å². The van der Waals surface area contributed by atoms with Gasteiger partial charge in [0.25, 0.3) is 0 Å². The molecule has 0 aliphatic heterocycles. The first-order chi connectivity index (χ1) is 9.20. The zero-order valence-electron chi connectivity index (χ0n) is 13.0. The van der Waals surface area contributed by atoms with Crippen LogP contribution < -0.4 is 10.6 Å². The summed E-state index contributed by atoms with van der Waals surface area (Å²) in [5.41, 5.74) is -0.456. The second-order valence-corrected chi connectivity index (χ2v) is 5.96. The molecule has 20 heavy (non-hydrogen) atoms. The van der Waals surface area contributed by atoms with Gasteiger partial charge in [0, 0.05) is 27.2 Å². The molecule has 0 aliphatic carbocycles. The minimum absolute atomic E-state index is 0.378. The van der Waals surface area contributed by atoms with Gasteiger partial charge in [-0.05, 0) is 45.8 Å². The van der Waals surface area contributed by atoms with Gasteiger partial charge in [-0.3, -0.25) is 0 Å². The molecule has 1 amide bonds. The Morgan fingerprint density at radius 1 is 1.25 bits per heavy atom. The van der Waals surface area contributed by atoms with Gasteiger partial charge in [-0.2, -0.15) is 0 Å². The van der Waals surface area contributed by atoms with Gasteiger partial charge < -0.3 is 20.3 Å². The van der Waals surface area contributed by atoms with Crippen LogP contribution in [0.15, 0.2) is 4.99 Å². The number of alkyl carbamates (subject to hydrolysis) is 1. The molecule has 116 valence electrons. The van der Waals surface area contributed by atoms with E-state index in [1.165, 1.54) is 0 Å². The van der Waals surface area contributed by atoms with Crippen molar-refractivity contribution in [2.45, 2.75) is 39.2 Å². The molecule has 0 saturated carbocycles. The standard InChI is InChI=1S/C13H26N4O2S/c1-13(2,3)19-12(18)15-9-7-6-8-14-11(20)16-10-17(4)5/h10H,6-9H2,1-5H3,(H,14,20)(H,15,18)/b16-10-. The average Bonchev–Trinajstić information content (AvgIpc) is 2.28. The highest BCUT2D eigenvalue weighted by Gasteiger charge is 2.15. The summed E-state index contributed by atoms with van der Waals surface area (Å²) in [6, 6.07) is 0. The van der Waals surface area contributed by atoms with Crippen molar-refractivity contribution in [1.82, 2.24) is 15.5 Å². The summed E-state index contributed by atoms with van der Waals surface area (Å²) in [5, 5.41) is 6.21. The normalized spacial score (nSPS) is 11.2. The highest BCUT2D eigenvalue weighted by atomic mass is 32.1. The van der Waals surface area contributed by atoms with Crippen LogP contribution >= 0.6 is 12.2 Å². The van der Waals surface area contributed by atoms with Crippen molar-refractivity contribution >= 4 is 29.8 Å². The molecule has 0 rings (SSSR count). The SMILES string of the molecule is CN(C)/C=N\C(=S)NCCCCNC(=O)OC(C)(C)C. The van der Waals surface area contributed by atoms with Gasteiger partial charge in [0.1, 0.15) is 5.60 Å². The van der Waals surface area contributed by atoms with Crippen LogP contribution in [0.25, 0.3) is 0 Å². The Kier molecular flexibility index (Phi) is 8.87. The Morgan fingerprint density at radius 2 is 1.80 bits per heavy atom. The third kappa shape index (κ3) is 13.1. The number of unbranched alkanes of at least 4 members (excludes halogenated alkanes) is 1. The van der Waals surface area contributed by atoms with Crippen LogP contribution in [0.3, 0.4) is 0 Å². The molecule has 6 nitrogen and oxygen atoms in total. The monoisotopic (exact) mass is 302 g/mol. The number of carbonyl (C=O) groups is 1. The van der Waals surface area contributed by atoms with Crippen molar-refractivity contribution in [2.75, 3.05) is 27.2 Å². The minimum atomic E-state index is -0.456. The fourth-order valence-corrected chi connectivity index (χ4v) is 1.31. The van der Waals surface area contributed by atoms with Crippen LogP contribution in [-0.4, -0.2) is 55.2 Å². The number of ether oxygens (including phenoxy) is 1. The number of hydrogen-bond donors (Lipinski definition) is 2. The maximum absolute atomic E-state index is 11.4. The van der Waals surface area contributed by atoms with Crippen molar-refractivity contribution in [3.63, 3.8) is 0 Å². The van der Waals surface area contributed by atoms with Gasteiger partial charge in [-0.15, -0.1) is 0 Å². The molecule has 7 heteroatoms. The summed E-state index contributed by atoms with van der Waals surface area (Å²) < 4.78 is 5.13. The Labute approximate surface area is 127 Å². The van der Waals surface area contributed by atoms with Crippen molar-refractivity contribution in [1.29, 1.82) is 0 Å². The number of hydrogen-bond acceptors (Lipinski definition) is 3. The highest BCUT2D eigenvalue weighted by molar-refractivity contribution is 7.80. The predicted molar refractivity (Wildman–Crippen MR) is 86.3 cm³/mol. The molecule has 0 unspecified atom stereocenters. The molecule has 0 aromatic heterocycles. The molecular weight excluding hydrogens is 276 g/mol. The van der Waals surface area contributed by atoms with Gasteiger partial charge >= 0.3 is 6.09 Å². The Morgan fingerprint density at radius 3 is 2.30 bits per heavy atom. The first-order valence-corrected chi connectivity index (χ1v) is 7.07. The zero-order chi connectivity index (χ0) is 15.6. The number of amides is 1. The Hall–Kier alpha value is -1.37. The largest absolute Gasteiger partial charge is 0.444 e. The average molecular weight is 302 g/mol. The van der Waals surface area contributed by atoms with Crippen LogP contribution in [0.2, 0.25) is 0 Å². The summed E-state index contributed by atoms with van der Waals surface area (Å²) in [5.74, 6) is 0. The van der Waals surface area contributed by atoms with E-state index < -0.39 is 5.60 Å². The lowest BCUT2D eigenvalue weighted by atomic mass is 10.2. The summed E-state index contributed by atoms with van der Waals surface area (Å²) in [4.78, 5) is 17.2. The maximum Gasteiger partial charge on any atom is 0.407 e. The molecule has 0 aromatic carbocycles. The van der Waals surface area contributed by atoms with Crippen LogP contribution in [0.5, 0.6) is 0 Å². The number of aliphatic imine (C=N–C) groups is 1. The number of thiocarbonyl (C=S) groups is 1. The third-order valence-corrected chi connectivity index (χ3v) is 2.20.